The fourth-order valence-corrected chi connectivity index (χ4v) is 4.19. The van der Waals surface area contributed by atoms with Crippen molar-refractivity contribution in [2.75, 3.05) is 18.6 Å². The summed E-state index contributed by atoms with van der Waals surface area (Å²) in [5, 5.41) is 8.35. The zero-order chi connectivity index (χ0) is 22.8. The van der Waals surface area contributed by atoms with Crippen molar-refractivity contribution in [1.82, 2.24) is 15.1 Å². The standard InChI is InChI=1S/C24H25ClN4O3/c1-15(17-8-10-18(11-9-17)24(31)32-3)26-22(30)21-16(2)27-29-13-12-28(23(21)29)14-19-6-4-5-7-20(19)25/h4-11,15H,12-14H2,1-3H3,(H,26,30)/t15-/m0/s1. The summed E-state index contributed by atoms with van der Waals surface area (Å²) < 4.78 is 6.62. The van der Waals surface area contributed by atoms with Crippen LogP contribution in [0, 0.1) is 6.92 Å². The van der Waals surface area contributed by atoms with Crippen molar-refractivity contribution in [3.63, 3.8) is 0 Å². The molecule has 3 aromatic rings. The Kier molecular flexibility index (Phi) is 6.19. The molecule has 1 N–H and O–H groups in total. The topological polar surface area (TPSA) is 76.5 Å². The van der Waals surface area contributed by atoms with Gasteiger partial charge in [0.25, 0.3) is 5.91 Å². The van der Waals surface area contributed by atoms with Crippen molar-refractivity contribution in [2.45, 2.75) is 33.0 Å². The van der Waals surface area contributed by atoms with Crippen LogP contribution >= 0.6 is 11.6 Å². The van der Waals surface area contributed by atoms with E-state index in [-0.39, 0.29) is 11.9 Å². The van der Waals surface area contributed by atoms with Crippen LogP contribution in [0.4, 0.5) is 5.82 Å². The lowest BCUT2D eigenvalue weighted by molar-refractivity contribution is 0.0600. The molecule has 0 saturated heterocycles. The number of methoxy groups -OCH3 is 1. The number of hydrogen-bond acceptors (Lipinski definition) is 5. The molecule has 32 heavy (non-hydrogen) atoms. The highest BCUT2D eigenvalue weighted by Gasteiger charge is 2.31. The number of rotatable bonds is 6. The third-order valence-electron chi connectivity index (χ3n) is 5.71. The van der Waals surface area contributed by atoms with Gasteiger partial charge in [0, 0.05) is 18.1 Å². The van der Waals surface area contributed by atoms with E-state index in [1.165, 1.54) is 7.11 Å². The third-order valence-corrected chi connectivity index (χ3v) is 6.08. The zero-order valence-electron chi connectivity index (χ0n) is 18.3. The molecule has 1 amide bonds. The number of fused-ring (bicyclic) bond motifs is 1. The lowest BCUT2D eigenvalue weighted by Crippen LogP contribution is -2.29. The van der Waals surface area contributed by atoms with E-state index >= 15 is 0 Å². The summed E-state index contributed by atoms with van der Waals surface area (Å²) in [6, 6.07) is 14.5. The second-order valence-electron chi connectivity index (χ2n) is 7.83. The molecule has 2 heterocycles. The van der Waals surface area contributed by atoms with E-state index in [0.717, 1.165) is 30.0 Å². The number of nitrogens with zero attached hydrogens (tertiary/aromatic N) is 3. The van der Waals surface area contributed by atoms with E-state index in [1.54, 1.807) is 12.1 Å². The number of ether oxygens (including phenoxy) is 1. The predicted molar refractivity (Wildman–Crippen MR) is 123 cm³/mol. The highest BCUT2D eigenvalue weighted by Crippen LogP contribution is 2.31. The Hall–Kier alpha value is -3.32. The van der Waals surface area contributed by atoms with E-state index in [0.29, 0.717) is 28.4 Å². The Bertz CT molecular complexity index is 1160. The van der Waals surface area contributed by atoms with E-state index < -0.39 is 5.97 Å². The minimum absolute atomic E-state index is 0.181. The van der Waals surface area contributed by atoms with Crippen LogP contribution < -0.4 is 10.2 Å². The first-order valence-corrected chi connectivity index (χ1v) is 10.8. The van der Waals surface area contributed by atoms with Crippen molar-refractivity contribution in [3.8, 4) is 0 Å². The number of esters is 1. The fourth-order valence-electron chi connectivity index (χ4n) is 4.00. The van der Waals surface area contributed by atoms with E-state index in [1.807, 2.05) is 54.9 Å². The van der Waals surface area contributed by atoms with Gasteiger partial charge < -0.3 is 15.0 Å². The number of aryl methyl sites for hydroxylation is 1. The number of aromatic nitrogens is 2. The summed E-state index contributed by atoms with van der Waals surface area (Å²) in [6.45, 7) is 5.85. The van der Waals surface area contributed by atoms with Gasteiger partial charge in [0.1, 0.15) is 11.4 Å². The van der Waals surface area contributed by atoms with Crippen LogP contribution in [0.2, 0.25) is 5.02 Å². The number of nitrogens with one attached hydrogen (secondary N) is 1. The first-order valence-electron chi connectivity index (χ1n) is 10.4. The van der Waals surface area contributed by atoms with Gasteiger partial charge in [0.05, 0.1) is 31.0 Å². The molecule has 0 bridgehead atoms. The monoisotopic (exact) mass is 452 g/mol. The lowest BCUT2D eigenvalue weighted by Gasteiger charge is -2.21. The minimum atomic E-state index is -0.391. The van der Waals surface area contributed by atoms with Crippen LogP contribution in [0.3, 0.4) is 0 Å². The van der Waals surface area contributed by atoms with Crippen molar-refractivity contribution in [3.05, 3.63) is 81.5 Å². The normalized spacial score (nSPS) is 13.6. The van der Waals surface area contributed by atoms with Gasteiger partial charge in [-0.1, -0.05) is 41.9 Å². The molecule has 0 radical (unpaired) electrons. The summed E-state index contributed by atoms with van der Waals surface area (Å²) in [4.78, 5) is 27.1. The molecule has 1 aromatic heterocycles. The molecular weight excluding hydrogens is 428 g/mol. The van der Waals surface area contributed by atoms with Gasteiger partial charge in [-0.15, -0.1) is 0 Å². The predicted octanol–water partition coefficient (Wildman–Crippen LogP) is 4.14. The summed E-state index contributed by atoms with van der Waals surface area (Å²) in [5.41, 5.74) is 3.63. The van der Waals surface area contributed by atoms with E-state index in [9.17, 15) is 9.59 Å². The van der Waals surface area contributed by atoms with Crippen LogP contribution in [0.15, 0.2) is 48.5 Å². The Morgan fingerprint density at radius 3 is 2.56 bits per heavy atom. The lowest BCUT2D eigenvalue weighted by atomic mass is 10.1. The number of halogens is 1. The molecule has 0 unspecified atom stereocenters. The highest BCUT2D eigenvalue weighted by atomic mass is 35.5. The number of benzene rings is 2. The molecule has 0 saturated carbocycles. The average Bonchev–Trinajstić information content (AvgIpc) is 3.32. The SMILES string of the molecule is COC(=O)c1ccc([C@H](C)NC(=O)c2c(C)nn3c2N(Cc2ccccc2Cl)CC3)cc1. The molecule has 8 heteroatoms. The number of amides is 1. The maximum atomic E-state index is 13.3. The molecule has 1 aliphatic heterocycles. The van der Waals surface area contributed by atoms with Gasteiger partial charge in [-0.3, -0.25) is 4.79 Å². The molecular formula is C24H25ClN4O3. The molecule has 2 aromatic carbocycles. The Morgan fingerprint density at radius 2 is 1.88 bits per heavy atom. The summed E-state index contributed by atoms with van der Waals surface area (Å²) in [5.74, 6) is 0.241. The maximum absolute atomic E-state index is 13.3. The zero-order valence-corrected chi connectivity index (χ0v) is 19.0. The second kappa shape index (κ2) is 9.04. The molecule has 0 spiro atoms. The van der Waals surface area contributed by atoms with Crippen molar-refractivity contribution in [1.29, 1.82) is 0 Å². The summed E-state index contributed by atoms with van der Waals surface area (Å²) >= 11 is 6.36. The number of carbonyl (C=O) groups is 2. The van der Waals surface area contributed by atoms with E-state index in [4.69, 9.17) is 16.3 Å². The van der Waals surface area contributed by atoms with Crippen LogP contribution in [0.25, 0.3) is 0 Å². The smallest absolute Gasteiger partial charge is 0.337 e. The molecule has 1 aliphatic rings. The maximum Gasteiger partial charge on any atom is 0.337 e. The minimum Gasteiger partial charge on any atom is -0.465 e. The van der Waals surface area contributed by atoms with Crippen LogP contribution in [0.1, 0.15) is 50.5 Å². The Morgan fingerprint density at radius 1 is 1.16 bits per heavy atom. The molecule has 0 fully saturated rings. The molecule has 166 valence electrons. The summed E-state index contributed by atoms with van der Waals surface area (Å²) in [6.07, 6.45) is 0. The average molecular weight is 453 g/mol. The van der Waals surface area contributed by atoms with Gasteiger partial charge in [-0.05, 0) is 43.2 Å². The largest absolute Gasteiger partial charge is 0.465 e. The van der Waals surface area contributed by atoms with Gasteiger partial charge in [-0.2, -0.15) is 5.10 Å². The van der Waals surface area contributed by atoms with Gasteiger partial charge in [0.15, 0.2) is 0 Å². The first kappa shape index (κ1) is 21.9. The number of anilines is 1. The molecule has 7 nitrogen and oxygen atoms in total. The van der Waals surface area contributed by atoms with Gasteiger partial charge in [-0.25, -0.2) is 9.48 Å². The highest BCUT2D eigenvalue weighted by molar-refractivity contribution is 6.31. The number of carbonyl (C=O) groups excluding carboxylic acids is 2. The van der Waals surface area contributed by atoms with Crippen molar-refractivity contribution >= 4 is 29.3 Å². The molecule has 4 rings (SSSR count). The summed E-state index contributed by atoms with van der Waals surface area (Å²) in [7, 11) is 1.35. The molecule has 0 aliphatic carbocycles. The molecule has 1 atom stereocenters. The van der Waals surface area contributed by atoms with Crippen LogP contribution in [0.5, 0.6) is 0 Å². The van der Waals surface area contributed by atoms with Gasteiger partial charge in [0.2, 0.25) is 0 Å². The van der Waals surface area contributed by atoms with Gasteiger partial charge >= 0.3 is 5.97 Å². The first-order chi connectivity index (χ1) is 15.4. The quantitative estimate of drug-likeness (QED) is 0.569. The fraction of sp³-hybridized carbons (Fsp3) is 0.292. The van der Waals surface area contributed by atoms with Crippen molar-refractivity contribution in [2.24, 2.45) is 0 Å². The van der Waals surface area contributed by atoms with Crippen LogP contribution in [-0.2, 0) is 17.8 Å². The number of hydrogen-bond donors (Lipinski definition) is 1. The van der Waals surface area contributed by atoms with Crippen molar-refractivity contribution < 1.29 is 14.3 Å². The van der Waals surface area contributed by atoms with Crippen LogP contribution in [-0.4, -0.2) is 35.3 Å². The third kappa shape index (κ3) is 4.21. The van der Waals surface area contributed by atoms with E-state index in [2.05, 4.69) is 15.3 Å². The second-order valence-corrected chi connectivity index (χ2v) is 8.24. The Labute approximate surface area is 191 Å². The Balaban J connectivity index is 1.54.